The molecule has 7 nitrogen and oxygen atoms in total. The van der Waals surface area contributed by atoms with Gasteiger partial charge in [-0.25, -0.2) is 9.78 Å². The second-order valence-corrected chi connectivity index (χ2v) is 6.67. The number of carbonyl (C=O) groups is 2. The molecule has 0 radical (unpaired) electrons. The molecule has 0 spiro atoms. The lowest BCUT2D eigenvalue weighted by Gasteiger charge is -2.31. The van der Waals surface area contributed by atoms with Gasteiger partial charge < -0.3 is 14.5 Å². The number of oxazole rings is 1. The van der Waals surface area contributed by atoms with Crippen LogP contribution in [0.25, 0.3) is 11.5 Å². The maximum atomic E-state index is 12.3. The van der Waals surface area contributed by atoms with Gasteiger partial charge in [-0.05, 0) is 31.9 Å². The first-order valence-corrected chi connectivity index (χ1v) is 8.95. The summed E-state index contributed by atoms with van der Waals surface area (Å²) in [6, 6.07) is 11.4. The molecule has 1 aromatic heterocycles. The van der Waals surface area contributed by atoms with Crippen LogP contribution < -0.4 is 5.32 Å². The van der Waals surface area contributed by atoms with Crippen molar-refractivity contribution in [2.45, 2.75) is 44.6 Å². The van der Waals surface area contributed by atoms with Crippen LogP contribution in [0.3, 0.4) is 0 Å². The Morgan fingerprint density at radius 2 is 1.96 bits per heavy atom. The summed E-state index contributed by atoms with van der Waals surface area (Å²) in [5.74, 6) is -0.588. The van der Waals surface area contributed by atoms with Crippen LogP contribution in [0, 0.1) is 18.3 Å². The number of aryl methyl sites for hydroxylation is 1. The van der Waals surface area contributed by atoms with E-state index in [0.29, 0.717) is 24.5 Å². The van der Waals surface area contributed by atoms with E-state index in [4.69, 9.17) is 9.15 Å². The van der Waals surface area contributed by atoms with Crippen molar-refractivity contribution in [1.82, 2.24) is 10.3 Å². The van der Waals surface area contributed by atoms with Crippen molar-refractivity contribution in [3.8, 4) is 17.5 Å². The highest BCUT2D eigenvalue weighted by atomic mass is 16.5. The molecule has 2 aromatic rings. The topological polar surface area (TPSA) is 105 Å². The highest BCUT2D eigenvalue weighted by Gasteiger charge is 2.33. The first-order valence-electron chi connectivity index (χ1n) is 8.95. The fraction of sp³-hybridized carbons (Fsp3) is 0.400. The molecule has 1 aromatic carbocycles. The molecule has 0 saturated heterocycles. The summed E-state index contributed by atoms with van der Waals surface area (Å²) >= 11 is 0. The summed E-state index contributed by atoms with van der Waals surface area (Å²) in [6.45, 7) is 1.15. The smallest absolute Gasteiger partial charge is 0.361 e. The van der Waals surface area contributed by atoms with E-state index >= 15 is 0 Å². The molecule has 1 saturated carbocycles. The number of carbonyl (C=O) groups excluding carboxylic acids is 2. The Morgan fingerprint density at radius 3 is 2.63 bits per heavy atom. The van der Waals surface area contributed by atoms with Gasteiger partial charge in [-0.3, -0.25) is 4.79 Å². The fourth-order valence-corrected chi connectivity index (χ4v) is 3.21. The molecule has 0 bridgehead atoms. The van der Waals surface area contributed by atoms with Gasteiger partial charge in [0.25, 0.3) is 5.91 Å². The summed E-state index contributed by atoms with van der Waals surface area (Å²) in [5, 5.41) is 12.1. The normalized spacial score (nSPS) is 15.6. The SMILES string of the molecule is Cc1oc(-c2ccccc2)nc1C(=O)OCC(=O)NC1(C#N)CCCCC1. The summed E-state index contributed by atoms with van der Waals surface area (Å²) in [5.41, 5.74) is -0.0774. The number of aromatic nitrogens is 1. The minimum atomic E-state index is -0.855. The lowest BCUT2D eigenvalue weighted by atomic mass is 9.83. The fourth-order valence-electron chi connectivity index (χ4n) is 3.21. The van der Waals surface area contributed by atoms with Gasteiger partial charge in [0.2, 0.25) is 5.89 Å². The van der Waals surface area contributed by atoms with E-state index in [1.54, 1.807) is 6.92 Å². The van der Waals surface area contributed by atoms with E-state index in [1.165, 1.54) is 0 Å². The third kappa shape index (κ3) is 4.34. The molecule has 1 heterocycles. The summed E-state index contributed by atoms with van der Waals surface area (Å²) < 4.78 is 10.6. The van der Waals surface area contributed by atoms with E-state index in [2.05, 4.69) is 16.4 Å². The average Bonchev–Trinajstić information content (AvgIpc) is 3.09. The van der Waals surface area contributed by atoms with E-state index in [0.717, 1.165) is 24.8 Å². The predicted molar refractivity (Wildman–Crippen MR) is 96.5 cm³/mol. The van der Waals surface area contributed by atoms with Gasteiger partial charge in [0.1, 0.15) is 11.3 Å². The molecule has 27 heavy (non-hydrogen) atoms. The van der Waals surface area contributed by atoms with Crippen LogP contribution in [0.4, 0.5) is 0 Å². The average molecular weight is 367 g/mol. The van der Waals surface area contributed by atoms with Crippen molar-refractivity contribution >= 4 is 11.9 Å². The number of amides is 1. The molecule has 1 fully saturated rings. The Bertz CT molecular complexity index is 861. The van der Waals surface area contributed by atoms with Gasteiger partial charge >= 0.3 is 5.97 Å². The zero-order valence-corrected chi connectivity index (χ0v) is 15.2. The molecular formula is C20H21N3O4. The van der Waals surface area contributed by atoms with Crippen molar-refractivity contribution in [2.24, 2.45) is 0 Å². The van der Waals surface area contributed by atoms with E-state index in [1.807, 2.05) is 30.3 Å². The highest BCUT2D eigenvalue weighted by molar-refractivity contribution is 5.91. The molecule has 1 aliphatic carbocycles. The van der Waals surface area contributed by atoms with Crippen LogP contribution in [0.5, 0.6) is 0 Å². The number of nitriles is 1. The maximum absolute atomic E-state index is 12.3. The number of nitrogens with zero attached hydrogens (tertiary/aromatic N) is 2. The molecule has 1 aliphatic rings. The molecule has 7 heteroatoms. The van der Waals surface area contributed by atoms with Crippen molar-refractivity contribution in [3.63, 3.8) is 0 Å². The molecule has 0 unspecified atom stereocenters. The quantitative estimate of drug-likeness (QED) is 0.814. The Hall–Kier alpha value is -3.14. The van der Waals surface area contributed by atoms with Crippen LogP contribution in [0.2, 0.25) is 0 Å². The van der Waals surface area contributed by atoms with E-state index < -0.39 is 24.0 Å². The van der Waals surface area contributed by atoms with Gasteiger partial charge in [0.15, 0.2) is 12.3 Å². The summed E-state index contributed by atoms with van der Waals surface area (Å²) in [7, 11) is 0. The maximum Gasteiger partial charge on any atom is 0.361 e. The molecule has 1 N–H and O–H groups in total. The monoisotopic (exact) mass is 367 g/mol. The molecule has 1 amide bonds. The lowest BCUT2D eigenvalue weighted by Crippen LogP contribution is -2.50. The summed E-state index contributed by atoms with van der Waals surface area (Å²) in [4.78, 5) is 28.6. The summed E-state index contributed by atoms with van der Waals surface area (Å²) in [6.07, 6.45) is 4.09. The second-order valence-electron chi connectivity index (χ2n) is 6.67. The van der Waals surface area contributed by atoms with Gasteiger partial charge in [-0.2, -0.15) is 5.26 Å². The first-order chi connectivity index (χ1) is 13.0. The Kier molecular flexibility index (Phi) is 5.55. The number of benzene rings is 1. The van der Waals surface area contributed by atoms with Crippen LogP contribution >= 0.6 is 0 Å². The first kappa shape index (κ1) is 18.6. The number of nitrogens with one attached hydrogen (secondary N) is 1. The zero-order chi connectivity index (χ0) is 19.3. The van der Waals surface area contributed by atoms with Crippen molar-refractivity contribution in [2.75, 3.05) is 6.61 Å². The van der Waals surface area contributed by atoms with Gasteiger partial charge in [-0.15, -0.1) is 0 Å². The van der Waals surface area contributed by atoms with Crippen LogP contribution in [-0.2, 0) is 9.53 Å². The molecular weight excluding hydrogens is 346 g/mol. The molecule has 0 atom stereocenters. The van der Waals surface area contributed by atoms with Crippen molar-refractivity contribution < 1.29 is 18.7 Å². The highest BCUT2D eigenvalue weighted by Crippen LogP contribution is 2.27. The molecule has 140 valence electrons. The van der Waals surface area contributed by atoms with Gasteiger partial charge in [0.05, 0.1) is 6.07 Å². The number of hydrogen-bond donors (Lipinski definition) is 1. The van der Waals surface area contributed by atoms with E-state index in [-0.39, 0.29) is 5.69 Å². The third-order valence-electron chi connectivity index (χ3n) is 4.64. The largest absolute Gasteiger partial charge is 0.451 e. The van der Waals surface area contributed by atoms with Gasteiger partial charge in [-0.1, -0.05) is 37.5 Å². The second kappa shape index (κ2) is 8.04. The number of ether oxygens (including phenoxy) is 1. The van der Waals surface area contributed by atoms with Gasteiger partial charge in [0, 0.05) is 5.56 Å². The third-order valence-corrected chi connectivity index (χ3v) is 4.64. The van der Waals surface area contributed by atoms with Crippen LogP contribution in [-0.4, -0.2) is 29.0 Å². The minimum Gasteiger partial charge on any atom is -0.451 e. The standard InChI is InChI=1S/C20H21N3O4/c1-14-17(22-18(27-14)15-8-4-2-5-9-15)19(25)26-12-16(24)23-20(13-21)10-6-3-7-11-20/h2,4-5,8-9H,3,6-7,10-12H2,1H3,(H,23,24). The molecule has 3 rings (SSSR count). The van der Waals surface area contributed by atoms with Crippen molar-refractivity contribution in [1.29, 1.82) is 5.26 Å². The Balaban J connectivity index is 1.60. The predicted octanol–water partition coefficient (Wildman–Crippen LogP) is 3.15. The number of esters is 1. The number of hydrogen-bond acceptors (Lipinski definition) is 6. The van der Waals surface area contributed by atoms with Crippen LogP contribution in [0.1, 0.15) is 48.4 Å². The minimum absolute atomic E-state index is 0.0364. The van der Waals surface area contributed by atoms with Crippen LogP contribution in [0.15, 0.2) is 34.7 Å². The zero-order valence-electron chi connectivity index (χ0n) is 15.2. The number of rotatable bonds is 5. The molecule has 0 aliphatic heterocycles. The Labute approximate surface area is 157 Å². The van der Waals surface area contributed by atoms with Crippen molar-refractivity contribution in [3.05, 3.63) is 41.8 Å². The lowest BCUT2D eigenvalue weighted by molar-refractivity contribution is -0.125. The van der Waals surface area contributed by atoms with E-state index in [9.17, 15) is 14.9 Å². The Morgan fingerprint density at radius 1 is 1.26 bits per heavy atom.